The number of aromatic nitrogens is 2. The van der Waals surface area contributed by atoms with E-state index in [2.05, 4.69) is 24.8 Å². The Labute approximate surface area is 140 Å². The molecule has 10 heteroatoms. The Morgan fingerprint density at radius 2 is 2.08 bits per heavy atom. The van der Waals surface area contributed by atoms with Gasteiger partial charge in [0, 0.05) is 6.07 Å². The van der Waals surface area contributed by atoms with Crippen molar-refractivity contribution in [3.8, 4) is 11.8 Å². The predicted octanol–water partition coefficient (Wildman–Crippen LogP) is 2.83. The minimum absolute atomic E-state index is 0.00305. The molecule has 0 unspecified atom stereocenters. The lowest BCUT2D eigenvalue weighted by molar-refractivity contribution is -0.0498. The highest BCUT2D eigenvalue weighted by molar-refractivity contribution is 6.31. The highest BCUT2D eigenvalue weighted by Crippen LogP contribution is 2.21. The average molecular weight is 356 g/mol. The van der Waals surface area contributed by atoms with Crippen molar-refractivity contribution in [1.82, 2.24) is 9.97 Å². The monoisotopic (exact) mass is 355 g/mol. The summed E-state index contributed by atoms with van der Waals surface area (Å²) in [5.41, 5.74) is 0.672. The van der Waals surface area contributed by atoms with Crippen LogP contribution in [0.2, 0.25) is 5.02 Å². The zero-order valence-corrected chi connectivity index (χ0v) is 12.9. The van der Waals surface area contributed by atoms with Crippen LogP contribution >= 0.6 is 11.6 Å². The van der Waals surface area contributed by atoms with Gasteiger partial charge in [-0.1, -0.05) is 17.7 Å². The highest BCUT2D eigenvalue weighted by Gasteiger charge is 2.05. The smallest absolute Gasteiger partial charge is 0.387 e. The number of ether oxygens (including phenoxy) is 2. The number of aliphatic imine (C=N–C) groups is 1. The summed E-state index contributed by atoms with van der Waals surface area (Å²) in [7, 11) is 0. The van der Waals surface area contributed by atoms with Crippen molar-refractivity contribution in [2.24, 2.45) is 15.9 Å². The van der Waals surface area contributed by atoms with Gasteiger partial charge in [0.25, 0.3) is 0 Å². The van der Waals surface area contributed by atoms with Crippen LogP contribution in [0.4, 0.5) is 14.5 Å². The maximum Gasteiger partial charge on any atom is 0.387 e. The lowest BCUT2D eigenvalue weighted by atomic mass is 10.3. The van der Waals surface area contributed by atoms with Gasteiger partial charge in [-0.05, 0) is 12.1 Å². The molecule has 0 fully saturated rings. The molecule has 2 aromatic rings. The highest BCUT2D eigenvalue weighted by atomic mass is 35.5. The molecule has 0 aliphatic heterocycles. The second-order valence-electron chi connectivity index (χ2n) is 4.23. The number of nitrogens with two attached hydrogens (primary N) is 1. The number of hydrogen-bond acceptors (Lipinski definition) is 7. The van der Waals surface area contributed by atoms with Crippen LogP contribution in [0.5, 0.6) is 11.8 Å². The third kappa shape index (κ3) is 5.76. The molecule has 2 N–H and O–H groups in total. The first-order valence-electron chi connectivity index (χ1n) is 6.53. The van der Waals surface area contributed by atoms with Gasteiger partial charge in [0.15, 0.2) is 0 Å². The van der Waals surface area contributed by atoms with Crippen molar-refractivity contribution in [3.05, 3.63) is 41.7 Å². The third-order valence-electron chi connectivity index (χ3n) is 2.52. The Balaban J connectivity index is 1.97. The number of halogens is 3. The lowest BCUT2D eigenvalue weighted by Gasteiger charge is -2.05. The van der Waals surface area contributed by atoms with Gasteiger partial charge in [0.1, 0.15) is 18.1 Å². The van der Waals surface area contributed by atoms with Crippen LogP contribution in [0.3, 0.4) is 0 Å². The molecule has 0 spiro atoms. The Morgan fingerprint density at radius 3 is 2.75 bits per heavy atom. The largest absolute Gasteiger partial charge is 0.457 e. The van der Waals surface area contributed by atoms with E-state index in [-0.39, 0.29) is 24.1 Å². The number of rotatable bonds is 7. The molecule has 1 heterocycles. The van der Waals surface area contributed by atoms with E-state index in [1.807, 2.05) is 0 Å². The first kappa shape index (κ1) is 17.5. The topological polar surface area (TPSA) is 95.0 Å². The summed E-state index contributed by atoms with van der Waals surface area (Å²) >= 11 is 5.66. The van der Waals surface area contributed by atoms with Gasteiger partial charge in [0.2, 0.25) is 0 Å². The SMILES string of the molecule is NN=C(C=Nc1cccc(OC(F)F)c1)COc1ncc(Cl)cn1. The van der Waals surface area contributed by atoms with Crippen LogP contribution in [-0.2, 0) is 0 Å². The molecule has 0 aliphatic rings. The summed E-state index contributed by atoms with van der Waals surface area (Å²) in [5.74, 6) is 5.25. The van der Waals surface area contributed by atoms with Gasteiger partial charge in [0.05, 0.1) is 29.3 Å². The molecule has 0 atom stereocenters. The Hall–Kier alpha value is -2.81. The molecule has 24 heavy (non-hydrogen) atoms. The number of benzene rings is 1. The van der Waals surface area contributed by atoms with Crippen LogP contribution in [0, 0.1) is 0 Å². The molecule has 1 aromatic heterocycles. The van der Waals surface area contributed by atoms with Crippen molar-refractivity contribution >= 4 is 29.2 Å². The summed E-state index contributed by atoms with van der Waals surface area (Å²) in [4.78, 5) is 11.8. The lowest BCUT2D eigenvalue weighted by Crippen LogP contribution is -2.15. The van der Waals surface area contributed by atoms with E-state index in [0.717, 1.165) is 0 Å². The summed E-state index contributed by atoms with van der Waals surface area (Å²) in [6.45, 7) is -2.94. The minimum Gasteiger partial charge on any atom is -0.457 e. The predicted molar refractivity (Wildman–Crippen MR) is 85.4 cm³/mol. The maximum absolute atomic E-state index is 12.2. The van der Waals surface area contributed by atoms with Gasteiger partial charge in [-0.15, -0.1) is 0 Å². The van der Waals surface area contributed by atoms with Crippen LogP contribution in [-0.4, -0.2) is 35.1 Å². The molecule has 0 bridgehead atoms. The van der Waals surface area contributed by atoms with Crippen LogP contribution in [0.15, 0.2) is 46.8 Å². The Kier molecular flexibility index (Phi) is 6.38. The van der Waals surface area contributed by atoms with Gasteiger partial charge in [-0.2, -0.15) is 13.9 Å². The van der Waals surface area contributed by atoms with Crippen LogP contribution in [0.1, 0.15) is 0 Å². The molecular weight excluding hydrogens is 344 g/mol. The number of hydrazone groups is 1. The van der Waals surface area contributed by atoms with E-state index in [1.165, 1.54) is 36.8 Å². The van der Waals surface area contributed by atoms with E-state index in [4.69, 9.17) is 22.2 Å². The third-order valence-corrected chi connectivity index (χ3v) is 2.71. The Morgan fingerprint density at radius 1 is 1.33 bits per heavy atom. The minimum atomic E-state index is -2.90. The summed E-state index contributed by atoms with van der Waals surface area (Å²) in [6.07, 6.45) is 4.09. The average Bonchev–Trinajstić information content (AvgIpc) is 2.56. The van der Waals surface area contributed by atoms with Gasteiger partial charge in [-0.25, -0.2) is 9.97 Å². The molecule has 2 rings (SSSR count). The van der Waals surface area contributed by atoms with Gasteiger partial charge < -0.3 is 15.3 Å². The molecule has 1 aromatic carbocycles. The molecule has 0 saturated carbocycles. The van der Waals surface area contributed by atoms with E-state index < -0.39 is 6.61 Å². The van der Waals surface area contributed by atoms with Crippen molar-refractivity contribution in [2.45, 2.75) is 6.61 Å². The fraction of sp³-hybridized carbons (Fsp3) is 0.143. The van der Waals surface area contributed by atoms with E-state index in [9.17, 15) is 8.78 Å². The molecule has 0 radical (unpaired) electrons. The number of hydrogen-bond donors (Lipinski definition) is 1. The summed E-state index contributed by atoms with van der Waals surface area (Å²) in [6, 6.07) is 5.97. The van der Waals surface area contributed by atoms with Crippen molar-refractivity contribution in [1.29, 1.82) is 0 Å². The molecule has 126 valence electrons. The van der Waals surface area contributed by atoms with Crippen molar-refractivity contribution in [2.75, 3.05) is 6.61 Å². The first-order chi connectivity index (χ1) is 11.6. The van der Waals surface area contributed by atoms with Crippen molar-refractivity contribution < 1.29 is 18.3 Å². The quantitative estimate of drug-likeness (QED) is 0.468. The number of nitrogens with zero attached hydrogens (tertiary/aromatic N) is 4. The maximum atomic E-state index is 12.2. The second kappa shape index (κ2) is 8.73. The second-order valence-corrected chi connectivity index (χ2v) is 4.66. The zero-order chi connectivity index (χ0) is 17.4. The molecular formula is C14H12ClF2N5O2. The van der Waals surface area contributed by atoms with Crippen LogP contribution < -0.4 is 15.3 Å². The number of alkyl halides is 2. The molecule has 0 saturated heterocycles. The van der Waals surface area contributed by atoms with Gasteiger partial charge >= 0.3 is 12.6 Å². The molecule has 0 aliphatic carbocycles. The molecule has 7 nitrogen and oxygen atoms in total. The van der Waals surface area contributed by atoms with E-state index >= 15 is 0 Å². The summed E-state index contributed by atoms with van der Waals surface area (Å²) < 4.78 is 33.9. The van der Waals surface area contributed by atoms with Crippen molar-refractivity contribution in [3.63, 3.8) is 0 Å². The van der Waals surface area contributed by atoms with E-state index in [0.29, 0.717) is 10.7 Å². The fourth-order valence-corrected chi connectivity index (χ4v) is 1.61. The van der Waals surface area contributed by atoms with Gasteiger partial charge in [-0.3, -0.25) is 4.99 Å². The summed E-state index contributed by atoms with van der Waals surface area (Å²) in [5, 5.41) is 3.89. The first-order valence-corrected chi connectivity index (χ1v) is 6.90. The fourth-order valence-electron chi connectivity index (χ4n) is 1.51. The van der Waals surface area contributed by atoms with Crippen LogP contribution in [0.25, 0.3) is 0 Å². The van der Waals surface area contributed by atoms with E-state index in [1.54, 1.807) is 6.07 Å². The normalized spacial score (nSPS) is 11.9. The standard InChI is InChI=1S/C14H12ClF2N5O2/c15-9-5-20-14(21-6-9)23-8-11(22-18)7-19-10-2-1-3-12(4-10)24-13(16)17/h1-7,13H,8,18H2. The zero-order valence-electron chi connectivity index (χ0n) is 12.1. The molecule has 0 amide bonds. The Bertz CT molecular complexity index is 725.